The maximum Gasteiger partial charge on any atom is 0.341 e. The summed E-state index contributed by atoms with van der Waals surface area (Å²) in [5.74, 6) is -1.51. The molecule has 12 heavy (non-hydrogen) atoms. The van der Waals surface area contributed by atoms with Crippen molar-refractivity contribution in [2.24, 2.45) is 0 Å². The Bertz CT molecular complexity index is 187. The molecule has 0 fully saturated rings. The highest BCUT2D eigenvalue weighted by molar-refractivity contribution is 5.77. The first-order valence-electron chi connectivity index (χ1n) is 3.78. The van der Waals surface area contributed by atoms with Crippen LogP contribution >= 0.6 is 0 Å². The van der Waals surface area contributed by atoms with E-state index in [1.807, 2.05) is 0 Å². The largest absolute Gasteiger partial charge is 0.479 e. The van der Waals surface area contributed by atoms with E-state index in [0.29, 0.717) is 0 Å². The predicted molar refractivity (Wildman–Crippen MR) is 41.7 cm³/mol. The van der Waals surface area contributed by atoms with Gasteiger partial charge in [0.05, 0.1) is 0 Å². The molecule has 0 aliphatic carbocycles. The van der Waals surface area contributed by atoms with E-state index in [4.69, 9.17) is 5.11 Å². The molecule has 0 heterocycles. The number of carboxylic acid groups (broad SMARTS) is 1. The van der Waals surface area contributed by atoms with Gasteiger partial charge in [0, 0.05) is 6.42 Å². The number of carbonyl (C=O) groups is 2. The molecule has 0 spiro atoms. The number of hydrogen-bond donors (Lipinski definition) is 1. The number of hydrogen-bond acceptors (Lipinski definition) is 2. The summed E-state index contributed by atoms with van der Waals surface area (Å²) >= 11 is 0. The first-order valence-corrected chi connectivity index (χ1v) is 3.78. The van der Waals surface area contributed by atoms with Crippen molar-refractivity contribution in [2.45, 2.75) is 38.8 Å². The van der Waals surface area contributed by atoms with E-state index < -0.39 is 11.6 Å². The Hall–Kier alpha value is -0.930. The summed E-state index contributed by atoms with van der Waals surface area (Å²) < 4.78 is 13.0. The molecule has 0 rings (SSSR count). The van der Waals surface area contributed by atoms with E-state index >= 15 is 0 Å². The molecule has 0 aliphatic heterocycles. The molecule has 0 bridgehead atoms. The van der Waals surface area contributed by atoms with Gasteiger partial charge in [-0.2, -0.15) is 0 Å². The van der Waals surface area contributed by atoms with Crippen molar-refractivity contribution in [3.8, 4) is 0 Å². The number of carbonyl (C=O) groups excluding carboxylic acids is 1. The maximum atomic E-state index is 13.0. The van der Waals surface area contributed by atoms with Crippen molar-refractivity contribution in [1.82, 2.24) is 0 Å². The third-order valence-electron chi connectivity index (χ3n) is 1.62. The number of aliphatic carboxylic acids is 1. The van der Waals surface area contributed by atoms with E-state index in [1.54, 1.807) is 0 Å². The third-order valence-corrected chi connectivity index (χ3v) is 1.62. The minimum Gasteiger partial charge on any atom is -0.479 e. The van der Waals surface area contributed by atoms with Crippen molar-refractivity contribution < 1.29 is 19.1 Å². The highest BCUT2D eigenvalue weighted by atomic mass is 19.1. The molecule has 0 aliphatic rings. The lowest BCUT2D eigenvalue weighted by molar-refractivity contribution is -0.150. The second kappa shape index (κ2) is 4.18. The lowest BCUT2D eigenvalue weighted by Crippen LogP contribution is -2.29. The summed E-state index contributed by atoms with van der Waals surface area (Å²) in [5, 5.41) is 8.35. The highest BCUT2D eigenvalue weighted by Crippen LogP contribution is 2.18. The Kier molecular flexibility index (Phi) is 3.86. The molecule has 0 saturated heterocycles. The van der Waals surface area contributed by atoms with Gasteiger partial charge < -0.3 is 9.90 Å². The molecule has 3 nitrogen and oxygen atoms in total. The Morgan fingerprint density at radius 3 is 2.33 bits per heavy atom. The molecule has 0 saturated carbocycles. The monoisotopic (exact) mass is 176 g/mol. The summed E-state index contributed by atoms with van der Waals surface area (Å²) in [5.41, 5.74) is -2.20. The average molecular weight is 176 g/mol. The second-order valence-corrected chi connectivity index (χ2v) is 3.06. The van der Waals surface area contributed by atoms with Crippen LogP contribution in [0.1, 0.15) is 33.1 Å². The molecule has 0 aromatic carbocycles. The highest BCUT2D eigenvalue weighted by Gasteiger charge is 2.31. The topological polar surface area (TPSA) is 54.4 Å². The van der Waals surface area contributed by atoms with Crippen LogP contribution in [0.4, 0.5) is 4.39 Å². The van der Waals surface area contributed by atoms with Gasteiger partial charge in [-0.25, -0.2) is 9.18 Å². The number of alkyl halides is 1. The SMILES string of the molecule is CC(=O)CCCC(C)(F)C(=O)O. The van der Waals surface area contributed by atoms with Crippen LogP contribution in [0, 0.1) is 0 Å². The van der Waals surface area contributed by atoms with Crippen LogP contribution in [-0.2, 0) is 9.59 Å². The van der Waals surface area contributed by atoms with E-state index in [9.17, 15) is 14.0 Å². The van der Waals surface area contributed by atoms with Crippen LogP contribution < -0.4 is 0 Å². The number of Topliss-reactive ketones (excluding diaryl/α,β-unsaturated/α-hetero) is 1. The molecule has 1 unspecified atom stereocenters. The van der Waals surface area contributed by atoms with E-state index in [-0.39, 0.29) is 25.0 Å². The van der Waals surface area contributed by atoms with Crippen molar-refractivity contribution in [3.63, 3.8) is 0 Å². The summed E-state index contributed by atoms with van der Waals surface area (Å²) in [6.45, 7) is 2.41. The fraction of sp³-hybridized carbons (Fsp3) is 0.750. The van der Waals surface area contributed by atoms with E-state index in [0.717, 1.165) is 6.92 Å². The van der Waals surface area contributed by atoms with Crippen molar-refractivity contribution in [2.75, 3.05) is 0 Å². The van der Waals surface area contributed by atoms with Crippen LogP contribution in [-0.4, -0.2) is 22.5 Å². The Morgan fingerprint density at radius 2 is 2.00 bits per heavy atom. The number of carboxylic acids is 1. The lowest BCUT2D eigenvalue weighted by atomic mass is 10.0. The van der Waals surface area contributed by atoms with Gasteiger partial charge in [0.1, 0.15) is 5.78 Å². The second-order valence-electron chi connectivity index (χ2n) is 3.06. The Balaban J connectivity index is 3.76. The van der Waals surface area contributed by atoms with Gasteiger partial charge >= 0.3 is 5.97 Å². The number of ketones is 1. The summed E-state index contributed by atoms with van der Waals surface area (Å²) in [6.07, 6.45) is 0.420. The van der Waals surface area contributed by atoms with Crippen LogP contribution in [0.15, 0.2) is 0 Å². The van der Waals surface area contributed by atoms with Crippen molar-refractivity contribution >= 4 is 11.8 Å². The van der Waals surface area contributed by atoms with Gasteiger partial charge in [0.15, 0.2) is 0 Å². The van der Waals surface area contributed by atoms with Crippen molar-refractivity contribution in [3.05, 3.63) is 0 Å². The zero-order valence-corrected chi connectivity index (χ0v) is 7.26. The van der Waals surface area contributed by atoms with Gasteiger partial charge in [0.25, 0.3) is 0 Å². The molecule has 0 aromatic rings. The van der Waals surface area contributed by atoms with Crippen LogP contribution in [0.5, 0.6) is 0 Å². The average Bonchev–Trinajstić information content (AvgIpc) is 1.85. The molecule has 1 atom stereocenters. The molecule has 0 amide bonds. The van der Waals surface area contributed by atoms with Crippen LogP contribution in [0.25, 0.3) is 0 Å². The summed E-state index contributed by atoms with van der Waals surface area (Å²) in [4.78, 5) is 20.7. The zero-order chi connectivity index (χ0) is 9.78. The fourth-order valence-corrected chi connectivity index (χ4v) is 0.776. The molecule has 0 aromatic heterocycles. The van der Waals surface area contributed by atoms with Gasteiger partial charge in [0.2, 0.25) is 5.67 Å². The smallest absolute Gasteiger partial charge is 0.341 e. The van der Waals surface area contributed by atoms with Crippen LogP contribution in [0.2, 0.25) is 0 Å². The molecular weight excluding hydrogens is 163 g/mol. The van der Waals surface area contributed by atoms with E-state index in [2.05, 4.69) is 0 Å². The van der Waals surface area contributed by atoms with Gasteiger partial charge in [-0.15, -0.1) is 0 Å². The van der Waals surface area contributed by atoms with E-state index in [1.165, 1.54) is 6.92 Å². The minimum atomic E-state index is -2.20. The third kappa shape index (κ3) is 4.05. The quantitative estimate of drug-likeness (QED) is 0.691. The first-order chi connectivity index (χ1) is 5.36. The standard InChI is InChI=1S/C8H13FO3/c1-6(10)4-3-5-8(2,9)7(11)12/h3-5H2,1-2H3,(H,11,12). The maximum absolute atomic E-state index is 13.0. The summed E-state index contributed by atoms with van der Waals surface area (Å²) in [6, 6.07) is 0. The van der Waals surface area contributed by atoms with Crippen LogP contribution in [0.3, 0.4) is 0 Å². The molecule has 70 valence electrons. The molecule has 1 N–H and O–H groups in total. The van der Waals surface area contributed by atoms with Gasteiger partial charge in [-0.3, -0.25) is 0 Å². The normalized spacial score (nSPS) is 15.2. The first kappa shape index (κ1) is 11.1. The Labute approximate surface area is 70.6 Å². The number of halogens is 1. The van der Waals surface area contributed by atoms with Crippen molar-refractivity contribution in [1.29, 1.82) is 0 Å². The zero-order valence-electron chi connectivity index (χ0n) is 7.26. The lowest BCUT2D eigenvalue weighted by Gasteiger charge is -2.13. The summed E-state index contributed by atoms with van der Waals surface area (Å²) in [7, 11) is 0. The fourth-order valence-electron chi connectivity index (χ4n) is 0.776. The molecular formula is C8H13FO3. The Morgan fingerprint density at radius 1 is 1.50 bits per heavy atom. The predicted octanol–water partition coefficient (Wildman–Crippen LogP) is 1.56. The minimum absolute atomic E-state index is 0.0452. The molecule has 0 radical (unpaired) electrons. The van der Waals surface area contributed by atoms with Gasteiger partial charge in [-0.1, -0.05) is 0 Å². The number of rotatable bonds is 5. The molecule has 4 heteroatoms. The van der Waals surface area contributed by atoms with Gasteiger partial charge in [-0.05, 0) is 26.7 Å².